The minimum absolute atomic E-state index is 0.298. The van der Waals surface area contributed by atoms with Gasteiger partial charge in [-0.05, 0) is 26.0 Å². The third-order valence-electron chi connectivity index (χ3n) is 2.92. The van der Waals surface area contributed by atoms with Gasteiger partial charge in [-0.2, -0.15) is 0 Å². The molecule has 0 unspecified atom stereocenters. The summed E-state index contributed by atoms with van der Waals surface area (Å²) in [5.74, 6) is -0.498. The highest BCUT2D eigenvalue weighted by Crippen LogP contribution is 2.35. The standard InChI is InChI=1S/C14H16ClN3O2S/c1-14(2,13-17-4-5-21-13)18-11-9(12(19)20-3)6-8(16)7-10(11)15/h4-7,18H,16H2,1-3H3. The van der Waals surface area contributed by atoms with E-state index in [0.717, 1.165) is 5.01 Å². The third-order valence-corrected chi connectivity index (χ3v) is 4.32. The van der Waals surface area contributed by atoms with Crippen LogP contribution in [0.5, 0.6) is 0 Å². The molecule has 0 atom stereocenters. The molecule has 0 aliphatic carbocycles. The van der Waals surface area contributed by atoms with Crippen LogP contribution in [0.15, 0.2) is 23.7 Å². The van der Waals surface area contributed by atoms with E-state index in [4.69, 9.17) is 22.1 Å². The Morgan fingerprint density at radius 1 is 1.48 bits per heavy atom. The second-order valence-electron chi connectivity index (χ2n) is 5.00. The normalized spacial score (nSPS) is 11.2. The number of nitrogens with two attached hydrogens (primary N) is 1. The Kier molecular flexibility index (Phi) is 4.39. The summed E-state index contributed by atoms with van der Waals surface area (Å²) < 4.78 is 4.79. The van der Waals surface area contributed by atoms with Gasteiger partial charge in [-0.1, -0.05) is 11.6 Å². The van der Waals surface area contributed by atoms with Crippen LogP contribution >= 0.6 is 22.9 Å². The molecule has 112 valence electrons. The van der Waals surface area contributed by atoms with Crippen molar-refractivity contribution in [3.05, 3.63) is 39.3 Å². The van der Waals surface area contributed by atoms with Gasteiger partial charge in [-0.3, -0.25) is 0 Å². The van der Waals surface area contributed by atoms with Gasteiger partial charge in [0.2, 0.25) is 0 Å². The number of rotatable bonds is 4. The molecule has 1 heterocycles. The van der Waals surface area contributed by atoms with Crippen molar-refractivity contribution in [2.75, 3.05) is 18.2 Å². The lowest BCUT2D eigenvalue weighted by Gasteiger charge is -2.27. The average molecular weight is 326 g/mol. The molecule has 0 aliphatic rings. The smallest absolute Gasteiger partial charge is 0.340 e. The number of carbonyl (C=O) groups excluding carboxylic acids is 1. The summed E-state index contributed by atoms with van der Waals surface area (Å²) >= 11 is 7.76. The van der Waals surface area contributed by atoms with Crippen LogP contribution < -0.4 is 11.1 Å². The van der Waals surface area contributed by atoms with Crippen LogP contribution in [-0.4, -0.2) is 18.1 Å². The van der Waals surface area contributed by atoms with E-state index < -0.39 is 11.5 Å². The summed E-state index contributed by atoms with van der Waals surface area (Å²) in [6.07, 6.45) is 1.73. The van der Waals surface area contributed by atoms with E-state index in [0.29, 0.717) is 22.0 Å². The first-order chi connectivity index (χ1) is 9.85. The number of methoxy groups -OCH3 is 1. The Morgan fingerprint density at radius 2 is 2.19 bits per heavy atom. The lowest BCUT2D eigenvalue weighted by molar-refractivity contribution is 0.0602. The second kappa shape index (κ2) is 5.91. The zero-order valence-corrected chi connectivity index (χ0v) is 13.5. The first-order valence-electron chi connectivity index (χ1n) is 6.20. The number of carbonyl (C=O) groups is 1. The number of thiazole rings is 1. The molecule has 7 heteroatoms. The number of halogens is 1. The summed E-state index contributed by atoms with van der Waals surface area (Å²) in [4.78, 5) is 16.2. The van der Waals surface area contributed by atoms with E-state index in [1.807, 2.05) is 19.2 Å². The highest BCUT2D eigenvalue weighted by molar-refractivity contribution is 7.09. The molecule has 0 saturated heterocycles. The van der Waals surface area contributed by atoms with Crippen molar-refractivity contribution in [2.24, 2.45) is 0 Å². The SMILES string of the molecule is COC(=O)c1cc(N)cc(Cl)c1NC(C)(C)c1nccs1. The van der Waals surface area contributed by atoms with Gasteiger partial charge in [-0.25, -0.2) is 9.78 Å². The first-order valence-corrected chi connectivity index (χ1v) is 7.46. The fraction of sp³-hybridized carbons (Fsp3) is 0.286. The quantitative estimate of drug-likeness (QED) is 0.664. The second-order valence-corrected chi connectivity index (χ2v) is 6.31. The van der Waals surface area contributed by atoms with E-state index >= 15 is 0 Å². The molecular weight excluding hydrogens is 310 g/mol. The molecule has 2 aromatic rings. The van der Waals surface area contributed by atoms with Gasteiger partial charge in [0.05, 0.1) is 28.9 Å². The lowest BCUT2D eigenvalue weighted by Crippen LogP contribution is -2.29. The molecule has 0 spiro atoms. The maximum absolute atomic E-state index is 11.9. The minimum atomic E-state index is -0.498. The van der Waals surface area contributed by atoms with Crippen LogP contribution in [0, 0.1) is 0 Å². The largest absolute Gasteiger partial charge is 0.465 e. The van der Waals surface area contributed by atoms with Crippen LogP contribution in [0.4, 0.5) is 11.4 Å². The molecule has 1 aromatic heterocycles. The van der Waals surface area contributed by atoms with Crippen LogP contribution in [0.25, 0.3) is 0 Å². The lowest BCUT2D eigenvalue weighted by atomic mass is 10.0. The maximum atomic E-state index is 11.9. The molecule has 0 fully saturated rings. The summed E-state index contributed by atoms with van der Waals surface area (Å²) in [6, 6.07) is 3.13. The van der Waals surface area contributed by atoms with E-state index in [9.17, 15) is 4.79 Å². The van der Waals surface area contributed by atoms with Gasteiger partial charge in [0, 0.05) is 17.3 Å². The number of nitrogens with one attached hydrogen (secondary N) is 1. The monoisotopic (exact) mass is 325 g/mol. The molecule has 5 nitrogen and oxygen atoms in total. The summed E-state index contributed by atoms with van der Waals surface area (Å²) in [6.45, 7) is 3.92. The Bertz CT molecular complexity index is 656. The van der Waals surface area contributed by atoms with Crippen molar-refractivity contribution >= 4 is 40.3 Å². The molecule has 21 heavy (non-hydrogen) atoms. The first kappa shape index (κ1) is 15.6. The van der Waals surface area contributed by atoms with Gasteiger partial charge in [-0.15, -0.1) is 11.3 Å². The zero-order valence-electron chi connectivity index (χ0n) is 11.9. The average Bonchev–Trinajstić information content (AvgIpc) is 2.95. The van der Waals surface area contributed by atoms with Crippen LogP contribution in [0.2, 0.25) is 5.02 Å². The number of benzene rings is 1. The van der Waals surface area contributed by atoms with Gasteiger partial charge in [0.15, 0.2) is 0 Å². The molecule has 0 saturated carbocycles. The molecular formula is C14H16ClN3O2S. The van der Waals surface area contributed by atoms with Gasteiger partial charge in [0.1, 0.15) is 5.01 Å². The Hall–Kier alpha value is -1.79. The Morgan fingerprint density at radius 3 is 2.76 bits per heavy atom. The minimum Gasteiger partial charge on any atom is -0.465 e. The summed E-state index contributed by atoms with van der Waals surface area (Å²) in [5, 5.41) is 6.39. The van der Waals surface area contributed by atoms with Crippen molar-refractivity contribution in [3.8, 4) is 0 Å². The summed E-state index contributed by atoms with van der Waals surface area (Å²) in [5.41, 5.74) is 6.44. The van der Waals surface area contributed by atoms with E-state index in [1.165, 1.54) is 24.5 Å². The maximum Gasteiger partial charge on any atom is 0.340 e. The Labute approximate surface area is 132 Å². The number of hydrogen-bond donors (Lipinski definition) is 2. The molecule has 0 radical (unpaired) electrons. The van der Waals surface area contributed by atoms with Gasteiger partial charge in [0.25, 0.3) is 0 Å². The molecule has 0 bridgehead atoms. The van der Waals surface area contributed by atoms with Crippen molar-refractivity contribution in [1.29, 1.82) is 0 Å². The van der Waals surface area contributed by atoms with E-state index in [2.05, 4.69) is 10.3 Å². The number of hydrogen-bond acceptors (Lipinski definition) is 6. The topological polar surface area (TPSA) is 77.2 Å². The van der Waals surface area contributed by atoms with Crippen LogP contribution in [0.3, 0.4) is 0 Å². The predicted molar refractivity (Wildman–Crippen MR) is 86.0 cm³/mol. The van der Waals surface area contributed by atoms with Crippen LogP contribution in [0.1, 0.15) is 29.2 Å². The number of ether oxygens (including phenoxy) is 1. The number of aromatic nitrogens is 1. The van der Waals surface area contributed by atoms with Crippen molar-refractivity contribution in [2.45, 2.75) is 19.4 Å². The fourth-order valence-corrected chi connectivity index (χ4v) is 2.92. The molecule has 0 aliphatic heterocycles. The number of nitrogen functional groups attached to an aromatic ring is 1. The van der Waals surface area contributed by atoms with E-state index in [1.54, 1.807) is 12.3 Å². The molecule has 1 aromatic carbocycles. The molecule has 3 N–H and O–H groups in total. The van der Waals surface area contributed by atoms with Crippen molar-refractivity contribution in [1.82, 2.24) is 4.98 Å². The Balaban J connectivity index is 2.46. The zero-order chi connectivity index (χ0) is 15.6. The van der Waals surface area contributed by atoms with Crippen LogP contribution in [-0.2, 0) is 10.3 Å². The highest BCUT2D eigenvalue weighted by Gasteiger charge is 2.27. The van der Waals surface area contributed by atoms with Crippen molar-refractivity contribution in [3.63, 3.8) is 0 Å². The number of nitrogens with zero attached hydrogens (tertiary/aromatic N) is 1. The predicted octanol–water partition coefficient (Wildman–Crippen LogP) is 3.51. The highest BCUT2D eigenvalue weighted by atomic mass is 35.5. The van der Waals surface area contributed by atoms with Crippen molar-refractivity contribution < 1.29 is 9.53 Å². The third kappa shape index (κ3) is 3.28. The number of anilines is 2. The summed E-state index contributed by atoms with van der Waals surface area (Å²) in [7, 11) is 1.31. The van der Waals surface area contributed by atoms with Gasteiger partial charge >= 0.3 is 5.97 Å². The van der Waals surface area contributed by atoms with Gasteiger partial charge < -0.3 is 15.8 Å². The molecule has 0 amide bonds. The fourth-order valence-electron chi connectivity index (χ4n) is 1.92. The number of esters is 1. The molecule has 2 rings (SSSR count). The van der Waals surface area contributed by atoms with E-state index in [-0.39, 0.29) is 0 Å².